The van der Waals surface area contributed by atoms with Gasteiger partial charge in [0.1, 0.15) is 0 Å². The van der Waals surface area contributed by atoms with E-state index in [2.05, 4.69) is 26.2 Å². The summed E-state index contributed by atoms with van der Waals surface area (Å²) in [7, 11) is 0. The van der Waals surface area contributed by atoms with Gasteiger partial charge < -0.3 is 10.5 Å². The third-order valence-corrected chi connectivity index (χ3v) is 3.21. The Kier molecular flexibility index (Phi) is 4.86. The van der Waals surface area contributed by atoms with Gasteiger partial charge >= 0.3 is 5.97 Å². The van der Waals surface area contributed by atoms with Crippen LogP contribution in [0.4, 0.5) is 0 Å². The van der Waals surface area contributed by atoms with Crippen LogP contribution in [0.3, 0.4) is 0 Å². The summed E-state index contributed by atoms with van der Waals surface area (Å²) in [6.07, 6.45) is 0. The summed E-state index contributed by atoms with van der Waals surface area (Å²) in [6, 6.07) is 7.83. The van der Waals surface area contributed by atoms with E-state index in [1.807, 2.05) is 24.3 Å². The Morgan fingerprint density at radius 3 is 2.95 bits per heavy atom. The van der Waals surface area contributed by atoms with Crippen LogP contribution in [0.2, 0.25) is 0 Å². The predicted molar refractivity (Wildman–Crippen MR) is 77.1 cm³/mol. The zero-order chi connectivity index (χ0) is 14.5. The van der Waals surface area contributed by atoms with Gasteiger partial charge in [0.2, 0.25) is 0 Å². The average Bonchev–Trinajstić information content (AvgIpc) is 2.82. The highest BCUT2D eigenvalue weighted by Gasteiger charge is 2.19. The lowest BCUT2D eigenvalue weighted by Gasteiger charge is -2.06. The number of nitrogens with two attached hydrogens (primary N) is 1. The van der Waals surface area contributed by atoms with Gasteiger partial charge in [-0.25, -0.2) is 9.48 Å². The predicted octanol–water partition coefficient (Wildman–Crippen LogP) is 1.72. The summed E-state index contributed by atoms with van der Waals surface area (Å²) in [5.41, 5.74) is 7.49. The maximum Gasteiger partial charge on any atom is 0.360 e. The first-order valence-corrected chi connectivity index (χ1v) is 6.99. The van der Waals surface area contributed by atoms with Gasteiger partial charge in [0.05, 0.1) is 18.8 Å². The molecule has 0 radical (unpaired) electrons. The molecule has 1 aromatic carbocycles. The Balaban J connectivity index is 2.27. The van der Waals surface area contributed by atoms with Crippen molar-refractivity contribution in [2.45, 2.75) is 20.0 Å². The third-order valence-electron chi connectivity index (χ3n) is 2.72. The number of rotatable bonds is 5. The Morgan fingerprint density at radius 2 is 2.30 bits per heavy atom. The van der Waals surface area contributed by atoms with Crippen LogP contribution >= 0.6 is 15.9 Å². The van der Waals surface area contributed by atoms with Crippen LogP contribution in [0.25, 0.3) is 0 Å². The first-order chi connectivity index (χ1) is 9.65. The molecule has 6 nitrogen and oxygen atoms in total. The summed E-state index contributed by atoms with van der Waals surface area (Å²) in [4.78, 5) is 11.7. The average molecular weight is 339 g/mol. The molecule has 7 heteroatoms. The van der Waals surface area contributed by atoms with Gasteiger partial charge in [0.25, 0.3) is 0 Å². The van der Waals surface area contributed by atoms with Gasteiger partial charge in [-0.3, -0.25) is 0 Å². The molecule has 1 aromatic heterocycles. The zero-order valence-corrected chi connectivity index (χ0v) is 12.6. The Labute approximate surface area is 125 Å². The molecule has 0 amide bonds. The molecule has 0 saturated heterocycles. The zero-order valence-electron chi connectivity index (χ0n) is 11.0. The van der Waals surface area contributed by atoms with Crippen LogP contribution < -0.4 is 5.73 Å². The molecule has 2 aromatic rings. The largest absolute Gasteiger partial charge is 0.461 e. The van der Waals surface area contributed by atoms with E-state index in [9.17, 15) is 4.79 Å². The molecule has 0 spiro atoms. The van der Waals surface area contributed by atoms with Crippen molar-refractivity contribution in [3.63, 3.8) is 0 Å². The van der Waals surface area contributed by atoms with Crippen LogP contribution in [0.1, 0.15) is 28.7 Å². The summed E-state index contributed by atoms with van der Waals surface area (Å²) in [5.74, 6) is -0.492. The molecule has 20 heavy (non-hydrogen) atoms. The standard InChI is InChI=1S/C13H15BrN4O2/c1-2-20-13(19)12-11(7-15)18(17-16-12)8-9-4-3-5-10(14)6-9/h3-6H,2,7-8,15H2,1H3. The van der Waals surface area contributed by atoms with Crippen molar-refractivity contribution >= 4 is 21.9 Å². The van der Waals surface area contributed by atoms with Gasteiger partial charge in [-0.2, -0.15) is 0 Å². The molecule has 0 unspecified atom stereocenters. The number of hydrogen-bond acceptors (Lipinski definition) is 5. The lowest BCUT2D eigenvalue weighted by molar-refractivity contribution is 0.0518. The molecular weight excluding hydrogens is 324 g/mol. The molecule has 0 aliphatic heterocycles. The second-order valence-corrected chi connectivity index (χ2v) is 5.01. The number of carbonyl (C=O) groups excluding carboxylic acids is 1. The minimum atomic E-state index is -0.492. The Morgan fingerprint density at radius 1 is 1.50 bits per heavy atom. The third kappa shape index (κ3) is 3.23. The normalized spacial score (nSPS) is 10.6. The number of carbonyl (C=O) groups is 1. The smallest absolute Gasteiger partial charge is 0.360 e. The molecule has 0 saturated carbocycles. The van der Waals surface area contributed by atoms with Gasteiger partial charge in [-0.1, -0.05) is 33.3 Å². The fourth-order valence-electron chi connectivity index (χ4n) is 1.83. The molecule has 1 heterocycles. The van der Waals surface area contributed by atoms with E-state index in [0.717, 1.165) is 10.0 Å². The summed E-state index contributed by atoms with van der Waals surface area (Å²) in [6.45, 7) is 2.71. The minimum Gasteiger partial charge on any atom is -0.461 e. The van der Waals surface area contributed by atoms with Crippen molar-refractivity contribution in [1.29, 1.82) is 0 Å². The summed E-state index contributed by atoms with van der Waals surface area (Å²) in [5, 5.41) is 7.86. The van der Waals surface area contributed by atoms with E-state index in [0.29, 0.717) is 18.8 Å². The number of halogens is 1. The minimum absolute atomic E-state index is 0.176. The molecule has 0 fully saturated rings. The number of esters is 1. The molecule has 0 bridgehead atoms. The van der Waals surface area contributed by atoms with Crippen molar-refractivity contribution in [2.75, 3.05) is 6.61 Å². The number of nitrogens with zero attached hydrogens (tertiary/aromatic N) is 3. The Bertz CT molecular complexity index is 612. The van der Waals surface area contributed by atoms with Crippen LogP contribution in [-0.4, -0.2) is 27.6 Å². The van der Waals surface area contributed by atoms with Crippen molar-refractivity contribution in [3.8, 4) is 0 Å². The van der Waals surface area contributed by atoms with Gasteiger partial charge in [0.15, 0.2) is 5.69 Å². The van der Waals surface area contributed by atoms with Crippen molar-refractivity contribution in [2.24, 2.45) is 5.73 Å². The van der Waals surface area contributed by atoms with Crippen LogP contribution in [0.15, 0.2) is 28.7 Å². The molecule has 0 aliphatic carbocycles. The number of aromatic nitrogens is 3. The molecule has 2 rings (SSSR count). The second-order valence-electron chi connectivity index (χ2n) is 4.10. The van der Waals surface area contributed by atoms with Crippen molar-refractivity contribution < 1.29 is 9.53 Å². The first kappa shape index (κ1) is 14.7. The number of benzene rings is 1. The summed E-state index contributed by atoms with van der Waals surface area (Å²) >= 11 is 3.42. The Hall–Kier alpha value is -1.73. The fraction of sp³-hybridized carbons (Fsp3) is 0.308. The molecule has 2 N–H and O–H groups in total. The monoisotopic (exact) mass is 338 g/mol. The van der Waals surface area contributed by atoms with Crippen LogP contribution in [-0.2, 0) is 17.8 Å². The quantitative estimate of drug-likeness (QED) is 0.839. The maximum absolute atomic E-state index is 11.7. The number of ether oxygens (including phenoxy) is 1. The molecular formula is C13H15BrN4O2. The van der Waals surface area contributed by atoms with Crippen LogP contribution in [0, 0.1) is 0 Å². The molecule has 0 aliphatic rings. The first-order valence-electron chi connectivity index (χ1n) is 6.19. The van der Waals surface area contributed by atoms with E-state index in [1.54, 1.807) is 11.6 Å². The second kappa shape index (κ2) is 6.62. The van der Waals surface area contributed by atoms with Gasteiger partial charge in [0, 0.05) is 11.0 Å². The highest BCUT2D eigenvalue weighted by molar-refractivity contribution is 9.10. The highest BCUT2D eigenvalue weighted by Crippen LogP contribution is 2.14. The molecule has 0 atom stereocenters. The lowest BCUT2D eigenvalue weighted by Crippen LogP contribution is -2.14. The SMILES string of the molecule is CCOC(=O)c1nnn(Cc2cccc(Br)c2)c1CN. The maximum atomic E-state index is 11.7. The van der Waals surface area contributed by atoms with E-state index >= 15 is 0 Å². The van der Waals surface area contributed by atoms with Gasteiger partial charge in [-0.15, -0.1) is 5.10 Å². The van der Waals surface area contributed by atoms with E-state index in [1.165, 1.54) is 0 Å². The topological polar surface area (TPSA) is 83.0 Å². The van der Waals surface area contributed by atoms with Crippen molar-refractivity contribution in [3.05, 3.63) is 45.7 Å². The van der Waals surface area contributed by atoms with E-state index in [4.69, 9.17) is 10.5 Å². The van der Waals surface area contributed by atoms with Gasteiger partial charge in [-0.05, 0) is 24.6 Å². The highest BCUT2D eigenvalue weighted by atomic mass is 79.9. The van der Waals surface area contributed by atoms with Crippen LogP contribution in [0.5, 0.6) is 0 Å². The van der Waals surface area contributed by atoms with E-state index in [-0.39, 0.29) is 12.2 Å². The van der Waals surface area contributed by atoms with Crippen molar-refractivity contribution in [1.82, 2.24) is 15.0 Å². The lowest BCUT2D eigenvalue weighted by atomic mass is 10.2. The fourth-order valence-corrected chi connectivity index (χ4v) is 2.27. The van der Waals surface area contributed by atoms with E-state index < -0.39 is 5.97 Å². The number of hydrogen-bond donors (Lipinski definition) is 1. The molecule has 106 valence electrons. The summed E-state index contributed by atoms with van der Waals surface area (Å²) < 4.78 is 7.54.